The van der Waals surface area contributed by atoms with Gasteiger partial charge in [-0.05, 0) is 141 Å². The number of hydrogen-bond acceptors (Lipinski definition) is 4. The summed E-state index contributed by atoms with van der Waals surface area (Å²) >= 11 is 0. The van der Waals surface area contributed by atoms with E-state index in [0.29, 0.717) is 17.2 Å². The van der Waals surface area contributed by atoms with Gasteiger partial charge in [0, 0.05) is 10.8 Å². The van der Waals surface area contributed by atoms with E-state index in [0.717, 1.165) is 64.6 Å². The van der Waals surface area contributed by atoms with Crippen LogP contribution in [0.5, 0.6) is 23.0 Å². The summed E-state index contributed by atoms with van der Waals surface area (Å²) in [6, 6.07) is 18.7. The van der Waals surface area contributed by atoms with E-state index < -0.39 is 0 Å². The van der Waals surface area contributed by atoms with Gasteiger partial charge in [0.25, 0.3) is 0 Å². The lowest BCUT2D eigenvalue weighted by molar-refractivity contribution is 0.255. The molecule has 4 heteroatoms. The van der Waals surface area contributed by atoms with E-state index >= 15 is 0 Å². The molecule has 5 rings (SSSR count). The molecule has 0 bridgehead atoms. The fraction of sp³-hybridized carbons (Fsp3) is 0.351. The highest BCUT2D eigenvalue weighted by Crippen LogP contribution is 2.56. The Kier molecular flexibility index (Phi) is 7.09. The maximum absolute atomic E-state index is 10.6. The van der Waals surface area contributed by atoms with Crippen molar-refractivity contribution in [3.63, 3.8) is 0 Å². The summed E-state index contributed by atoms with van der Waals surface area (Å²) in [6.07, 6.45) is 3.38. The van der Waals surface area contributed by atoms with Gasteiger partial charge in [-0.25, -0.2) is 0 Å². The second-order valence-electron chi connectivity index (χ2n) is 12.5. The van der Waals surface area contributed by atoms with Crippen LogP contribution in [0, 0.1) is 48.5 Å². The van der Waals surface area contributed by atoms with Crippen molar-refractivity contribution in [2.45, 2.75) is 85.0 Å². The number of aryl methyl sites for hydroxylation is 7. The van der Waals surface area contributed by atoms with Crippen molar-refractivity contribution in [3.05, 3.63) is 116 Å². The summed E-state index contributed by atoms with van der Waals surface area (Å²) in [5.74, 6) is 1.29. The van der Waals surface area contributed by atoms with Crippen LogP contribution in [0.15, 0.2) is 54.6 Å². The minimum atomic E-state index is -0.317. The lowest BCUT2D eigenvalue weighted by Gasteiger charge is -2.48. The Balaban J connectivity index is 1.73. The standard InChI is InChI=1S/C37H42O4/c1-21-14-28(8-9-32(21)38)36(29-15-22(2)33(39)23(3)16-29)10-12-37(13-11-36,30-17-24(4)34(40)25(5)18-30)31-19-26(6)35(41)27(7)20-31/h8-9,14-20,38-41H,10-13H2,1-7H3. The Morgan fingerprint density at radius 2 is 0.659 bits per heavy atom. The van der Waals surface area contributed by atoms with Crippen molar-refractivity contribution in [2.24, 2.45) is 0 Å². The third kappa shape index (κ3) is 4.64. The van der Waals surface area contributed by atoms with Crippen LogP contribution in [0.3, 0.4) is 0 Å². The monoisotopic (exact) mass is 550 g/mol. The Morgan fingerprint density at radius 3 is 0.951 bits per heavy atom. The van der Waals surface area contributed by atoms with Crippen molar-refractivity contribution in [3.8, 4) is 23.0 Å². The van der Waals surface area contributed by atoms with Gasteiger partial charge in [0.2, 0.25) is 0 Å². The number of benzene rings is 4. The fourth-order valence-corrected chi connectivity index (χ4v) is 7.24. The van der Waals surface area contributed by atoms with E-state index in [9.17, 15) is 20.4 Å². The molecule has 1 aliphatic rings. The minimum absolute atomic E-state index is 0.289. The molecule has 0 atom stereocenters. The van der Waals surface area contributed by atoms with Crippen molar-refractivity contribution in [1.82, 2.24) is 0 Å². The van der Waals surface area contributed by atoms with Gasteiger partial charge in [0.05, 0.1) is 0 Å². The molecule has 0 unspecified atom stereocenters. The molecule has 1 saturated carbocycles. The third-order valence-electron chi connectivity index (χ3n) is 9.84. The number of phenols is 4. The molecule has 4 aromatic carbocycles. The van der Waals surface area contributed by atoms with Gasteiger partial charge in [-0.1, -0.05) is 48.5 Å². The molecule has 4 nitrogen and oxygen atoms in total. The zero-order valence-corrected chi connectivity index (χ0v) is 25.3. The van der Waals surface area contributed by atoms with Crippen LogP contribution in [-0.2, 0) is 10.8 Å². The van der Waals surface area contributed by atoms with Crippen LogP contribution >= 0.6 is 0 Å². The topological polar surface area (TPSA) is 80.9 Å². The second kappa shape index (κ2) is 10.2. The average Bonchev–Trinajstić information content (AvgIpc) is 2.94. The van der Waals surface area contributed by atoms with Gasteiger partial charge in [-0.3, -0.25) is 0 Å². The van der Waals surface area contributed by atoms with Gasteiger partial charge < -0.3 is 20.4 Å². The predicted molar refractivity (Wildman–Crippen MR) is 166 cm³/mol. The van der Waals surface area contributed by atoms with E-state index in [-0.39, 0.29) is 16.6 Å². The molecule has 0 amide bonds. The smallest absolute Gasteiger partial charge is 0.121 e. The molecule has 0 aromatic heterocycles. The average molecular weight is 551 g/mol. The van der Waals surface area contributed by atoms with Crippen molar-refractivity contribution in [2.75, 3.05) is 0 Å². The number of phenolic OH excluding ortho intramolecular Hbond substituents is 4. The van der Waals surface area contributed by atoms with E-state index in [4.69, 9.17) is 0 Å². The predicted octanol–water partition coefficient (Wildman–Crippen LogP) is 8.51. The molecule has 0 aliphatic heterocycles. The van der Waals surface area contributed by atoms with E-state index in [1.165, 1.54) is 22.3 Å². The molecule has 0 radical (unpaired) electrons. The normalized spacial score (nSPS) is 16.1. The summed E-state index contributed by atoms with van der Waals surface area (Å²) < 4.78 is 0. The van der Waals surface area contributed by atoms with E-state index in [2.05, 4.69) is 48.5 Å². The summed E-state index contributed by atoms with van der Waals surface area (Å²) in [5.41, 5.74) is 10.1. The highest BCUT2D eigenvalue weighted by Gasteiger charge is 2.47. The summed E-state index contributed by atoms with van der Waals surface area (Å²) in [4.78, 5) is 0. The van der Waals surface area contributed by atoms with E-state index in [1.54, 1.807) is 6.07 Å². The quantitative estimate of drug-likeness (QED) is 0.205. The van der Waals surface area contributed by atoms with Crippen molar-refractivity contribution >= 4 is 0 Å². The molecule has 1 aliphatic carbocycles. The largest absolute Gasteiger partial charge is 0.508 e. The maximum Gasteiger partial charge on any atom is 0.121 e. The molecule has 1 fully saturated rings. The first-order valence-corrected chi connectivity index (χ1v) is 14.5. The molecule has 0 heterocycles. The lowest BCUT2D eigenvalue weighted by Crippen LogP contribution is -2.41. The van der Waals surface area contributed by atoms with Crippen molar-refractivity contribution in [1.29, 1.82) is 0 Å². The molecule has 0 spiro atoms. The van der Waals surface area contributed by atoms with Crippen LogP contribution in [-0.4, -0.2) is 20.4 Å². The van der Waals surface area contributed by atoms with Crippen LogP contribution in [0.25, 0.3) is 0 Å². The zero-order valence-electron chi connectivity index (χ0n) is 25.3. The summed E-state index contributed by atoms with van der Waals surface area (Å²) in [5, 5.41) is 42.3. The van der Waals surface area contributed by atoms with Crippen LogP contribution in [0.4, 0.5) is 0 Å². The second-order valence-corrected chi connectivity index (χ2v) is 12.5. The number of hydrogen-bond donors (Lipinski definition) is 4. The summed E-state index contributed by atoms with van der Waals surface area (Å²) in [6.45, 7) is 13.7. The molecular weight excluding hydrogens is 508 g/mol. The Hall–Kier alpha value is -3.92. The van der Waals surface area contributed by atoms with Gasteiger partial charge in [-0.2, -0.15) is 0 Å². The molecule has 4 N–H and O–H groups in total. The number of aromatic hydroxyl groups is 4. The van der Waals surface area contributed by atoms with Crippen LogP contribution in [0.1, 0.15) is 86.9 Å². The highest BCUT2D eigenvalue weighted by atomic mass is 16.3. The zero-order chi connectivity index (χ0) is 29.9. The number of rotatable bonds is 4. The van der Waals surface area contributed by atoms with Crippen LogP contribution < -0.4 is 0 Å². The first-order valence-electron chi connectivity index (χ1n) is 14.5. The third-order valence-corrected chi connectivity index (χ3v) is 9.84. The SMILES string of the molecule is Cc1cc(C2(c3cc(C)c(O)c(C)c3)CCC(c3cc(C)c(O)c(C)c3)(c3cc(C)c(O)c(C)c3)CC2)ccc1O. The first kappa shape index (κ1) is 28.6. The molecule has 41 heavy (non-hydrogen) atoms. The molecule has 214 valence electrons. The van der Waals surface area contributed by atoms with Crippen LogP contribution in [0.2, 0.25) is 0 Å². The van der Waals surface area contributed by atoms with Gasteiger partial charge >= 0.3 is 0 Å². The molecule has 0 saturated heterocycles. The van der Waals surface area contributed by atoms with Gasteiger partial charge in [-0.15, -0.1) is 0 Å². The lowest BCUT2D eigenvalue weighted by atomic mass is 9.55. The Labute approximate surface area is 244 Å². The highest BCUT2D eigenvalue weighted by molar-refractivity contribution is 5.55. The Morgan fingerprint density at radius 1 is 0.390 bits per heavy atom. The minimum Gasteiger partial charge on any atom is -0.508 e. The van der Waals surface area contributed by atoms with Gasteiger partial charge in [0.15, 0.2) is 0 Å². The fourth-order valence-electron chi connectivity index (χ4n) is 7.24. The van der Waals surface area contributed by atoms with E-state index in [1.807, 2.05) is 48.5 Å². The maximum atomic E-state index is 10.6. The first-order chi connectivity index (χ1) is 19.3. The summed E-state index contributed by atoms with van der Waals surface area (Å²) in [7, 11) is 0. The Bertz CT molecular complexity index is 1530. The molecule has 4 aromatic rings. The molecular formula is C37H42O4. The van der Waals surface area contributed by atoms with Crippen molar-refractivity contribution < 1.29 is 20.4 Å². The van der Waals surface area contributed by atoms with Gasteiger partial charge in [0.1, 0.15) is 23.0 Å².